The Morgan fingerprint density at radius 2 is 2.05 bits per heavy atom. The second kappa shape index (κ2) is 6.94. The molecule has 100 valence electrons. The van der Waals surface area contributed by atoms with Crippen molar-refractivity contribution in [2.75, 3.05) is 7.05 Å². The largest absolute Gasteiger partial charge is 0.312 e. The minimum Gasteiger partial charge on any atom is -0.312 e. The number of thioether (sulfide) groups is 1. The lowest BCUT2D eigenvalue weighted by atomic mass is 10.2. The van der Waals surface area contributed by atoms with Crippen LogP contribution < -0.4 is 5.32 Å². The van der Waals surface area contributed by atoms with E-state index in [2.05, 4.69) is 35.4 Å². The molecular weight excluding hydrogens is 276 g/mol. The van der Waals surface area contributed by atoms with E-state index in [1.54, 1.807) is 11.8 Å². The Bertz CT molecular complexity index is 528. The molecule has 1 N–H and O–H groups in total. The predicted molar refractivity (Wildman–Crippen MR) is 82.7 cm³/mol. The molecule has 1 unspecified atom stereocenters. The third kappa shape index (κ3) is 3.96. The molecule has 0 fully saturated rings. The van der Waals surface area contributed by atoms with E-state index >= 15 is 0 Å². The topological polar surface area (TPSA) is 24.9 Å². The highest BCUT2D eigenvalue weighted by Gasteiger charge is 2.05. The lowest BCUT2D eigenvalue weighted by Gasteiger charge is -2.10. The first-order chi connectivity index (χ1) is 9.20. The van der Waals surface area contributed by atoms with E-state index in [1.807, 2.05) is 31.4 Å². The summed E-state index contributed by atoms with van der Waals surface area (Å²) < 4.78 is 0. The van der Waals surface area contributed by atoms with Gasteiger partial charge in [0.15, 0.2) is 0 Å². The van der Waals surface area contributed by atoms with Crippen molar-refractivity contribution >= 4 is 23.4 Å². The first-order valence-electron chi connectivity index (χ1n) is 6.20. The molecule has 0 aliphatic rings. The molecule has 0 bridgehead atoms. The van der Waals surface area contributed by atoms with Crippen LogP contribution in [0.25, 0.3) is 0 Å². The van der Waals surface area contributed by atoms with Crippen LogP contribution in [0, 0.1) is 0 Å². The number of pyridine rings is 1. The predicted octanol–water partition coefficient (Wildman–Crippen LogP) is 4.31. The molecule has 1 aromatic heterocycles. The molecule has 2 nitrogen and oxygen atoms in total. The highest BCUT2D eigenvalue weighted by atomic mass is 35.5. The van der Waals surface area contributed by atoms with E-state index < -0.39 is 0 Å². The number of rotatable bonds is 5. The molecule has 0 saturated heterocycles. The molecule has 4 heteroatoms. The number of hydrogen-bond donors (Lipinski definition) is 1. The summed E-state index contributed by atoms with van der Waals surface area (Å²) >= 11 is 7.89. The van der Waals surface area contributed by atoms with Crippen LogP contribution >= 0.6 is 23.4 Å². The summed E-state index contributed by atoms with van der Waals surface area (Å²) in [6.45, 7) is 2.10. The zero-order chi connectivity index (χ0) is 13.7. The van der Waals surface area contributed by atoms with Gasteiger partial charge in [0.25, 0.3) is 0 Å². The van der Waals surface area contributed by atoms with E-state index in [1.165, 1.54) is 0 Å². The Labute approximate surface area is 123 Å². The van der Waals surface area contributed by atoms with Crippen LogP contribution in [-0.2, 0) is 5.75 Å². The van der Waals surface area contributed by atoms with E-state index in [0.29, 0.717) is 0 Å². The van der Waals surface area contributed by atoms with Gasteiger partial charge in [-0.05, 0) is 37.7 Å². The van der Waals surface area contributed by atoms with Crippen molar-refractivity contribution < 1.29 is 0 Å². The van der Waals surface area contributed by atoms with Gasteiger partial charge >= 0.3 is 0 Å². The molecule has 0 radical (unpaired) electrons. The van der Waals surface area contributed by atoms with E-state index in [9.17, 15) is 0 Å². The summed E-state index contributed by atoms with van der Waals surface area (Å²) in [5.74, 6) is 0.863. The number of halogens is 1. The summed E-state index contributed by atoms with van der Waals surface area (Å²) in [4.78, 5) is 5.63. The zero-order valence-electron chi connectivity index (χ0n) is 11.1. The molecule has 19 heavy (non-hydrogen) atoms. The molecule has 1 heterocycles. The Hall–Kier alpha value is -1.03. The molecule has 1 atom stereocenters. The summed E-state index contributed by atoms with van der Waals surface area (Å²) in [6.07, 6.45) is 1.92. The summed E-state index contributed by atoms with van der Waals surface area (Å²) in [5, 5.41) is 4.00. The van der Waals surface area contributed by atoms with Crippen LogP contribution in [0.15, 0.2) is 47.5 Å². The van der Waals surface area contributed by atoms with Crippen LogP contribution in [0.2, 0.25) is 5.02 Å². The minimum atomic E-state index is 0.280. The quantitative estimate of drug-likeness (QED) is 0.831. The van der Waals surface area contributed by atoms with Gasteiger partial charge in [-0.1, -0.05) is 29.8 Å². The first kappa shape index (κ1) is 14.4. The first-order valence-corrected chi connectivity index (χ1v) is 7.56. The average molecular weight is 293 g/mol. The fourth-order valence-electron chi connectivity index (χ4n) is 1.66. The van der Waals surface area contributed by atoms with Crippen molar-refractivity contribution in [3.05, 3.63) is 58.9 Å². The molecule has 2 aromatic rings. The van der Waals surface area contributed by atoms with Gasteiger partial charge in [0, 0.05) is 27.9 Å². The standard InChI is InChI=1S/C15H17ClN2S/c1-11(17-2)15-8-7-13(9-18-15)19-10-12-5-3-4-6-14(12)16/h3-9,11,17H,10H2,1-2H3. The van der Waals surface area contributed by atoms with Crippen molar-refractivity contribution in [2.45, 2.75) is 23.6 Å². The SMILES string of the molecule is CNC(C)c1ccc(SCc2ccccc2Cl)cn1. The third-order valence-corrected chi connectivity index (χ3v) is 4.39. The third-order valence-electron chi connectivity index (χ3n) is 2.99. The summed E-state index contributed by atoms with van der Waals surface area (Å²) in [5.41, 5.74) is 2.21. The number of benzene rings is 1. The van der Waals surface area contributed by atoms with E-state index in [-0.39, 0.29) is 6.04 Å². The lowest BCUT2D eigenvalue weighted by Crippen LogP contribution is -2.13. The van der Waals surface area contributed by atoms with Gasteiger partial charge in [-0.2, -0.15) is 0 Å². The maximum Gasteiger partial charge on any atom is 0.0571 e. The van der Waals surface area contributed by atoms with E-state index in [4.69, 9.17) is 11.6 Å². The van der Waals surface area contributed by atoms with Crippen LogP contribution in [-0.4, -0.2) is 12.0 Å². The monoisotopic (exact) mass is 292 g/mol. The van der Waals surface area contributed by atoms with Gasteiger partial charge in [0.2, 0.25) is 0 Å². The fraction of sp³-hybridized carbons (Fsp3) is 0.267. The highest BCUT2D eigenvalue weighted by molar-refractivity contribution is 7.98. The average Bonchev–Trinajstić information content (AvgIpc) is 2.46. The normalized spacial score (nSPS) is 12.4. The van der Waals surface area contributed by atoms with Crippen molar-refractivity contribution in [1.29, 1.82) is 0 Å². The Kier molecular flexibility index (Phi) is 5.25. The van der Waals surface area contributed by atoms with Gasteiger partial charge in [-0.15, -0.1) is 11.8 Å². The van der Waals surface area contributed by atoms with Crippen LogP contribution in [0.3, 0.4) is 0 Å². The highest BCUT2D eigenvalue weighted by Crippen LogP contribution is 2.26. The lowest BCUT2D eigenvalue weighted by molar-refractivity contribution is 0.631. The van der Waals surface area contributed by atoms with Crippen molar-refractivity contribution in [2.24, 2.45) is 0 Å². The van der Waals surface area contributed by atoms with Gasteiger partial charge < -0.3 is 5.32 Å². The maximum atomic E-state index is 6.14. The molecule has 2 rings (SSSR count). The molecule has 1 aromatic carbocycles. The second-order valence-corrected chi connectivity index (χ2v) is 5.77. The molecule has 0 amide bonds. The van der Waals surface area contributed by atoms with Crippen molar-refractivity contribution in [1.82, 2.24) is 10.3 Å². The Balaban J connectivity index is 1.99. The van der Waals surface area contributed by atoms with Crippen LogP contribution in [0.4, 0.5) is 0 Å². The van der Waals surface area contributed by atoms with Crippen molar-refractivity contribution in [3.8, 4) is 0 Å². The van der Waals surface area contributed by atoms with E-state index in [0.717, 1.165) is 26.9 Å². The summed E-state index contributed by atoms with van der Waals surface area (Å²) in [7, 11) is 1.94. The smallest absolute Gasteiger partial charge is 0.0571 e. The van der Waals surface area contributed by atoms with Crippen LogP contribution in [0.1, 0.15) is 24.2 Å². The number of nitrogens with one attached hydrogen (secondary N) is 1. The Morgan fingerprint density at radius 3 is 2.68 bits per heavy atom. The zero-order valence-corrected chi connectivity index (χ0v) is 12.6. The number of nitrogens with zero attached hydrogens (tertiary/aromatic N) is 1. The van der Waals surface area contributed by atoms with Gasteiger partial charge in [0.05, 0.1) is 5.69 Å². The molecule has 0 spiro atoms. The van der Waals surface area contributed by atoms with Gasteiger partial charge in [-0.25, -0.2) is 0 Å². The minimum absolute atomic E-state index is 0.280. The summed E-state index contributed by atoms with van der Waals surface area (Å²) in [6, 6.07) is 12.4. The van der Waals surface area contributed by atoms with Crippen LogP contribution in [0.5, 0.6) is 0 Å². The van der Waals surface area contributed by atoms with Gasteiger partial charge in [-0.3, -0.25) is 4.98 Å². The second-order valence-electron chi connectivity index (χ2n) is 4.31. The fourth-order valence-corrected chi connectivity index (χ4v) is 2.80. The number of hydrogen-bond acceptors (Lipinski definition) is 3. The molecular formula is C15H17ClN2S. The number of aromatic nitrogens is 1. The molecule has 0 saturated carbocycles. The Morgan fingerprint density at radius 1 is 1.26 bits per heavy atom. The maximum absolute atomic E-state index is 6.14. The molecule has 0 aliphatic heterocycles. The molecule has 0 aliphatic carbocycles. The van der Waals surface area contributed by atoms with Crippen molar-refractivity contribution in [3.63, 3.8) is 0 Å². The van der Waals surface area contributed by atoms with Gasteiger partial charge in [0.1, 0.15) is 0 Å².